The van der Waals surface area contributed by atoms with Crippen molar-refractivity contribution in [1.29, 1.82) is 0 Å². The van der Waals surface area contributed by atoms with E-state index in [2.05, 4.69) is 34.6 Å². The first-order valence-corrected chi connectivity index (χ1v) is 29.2. The monoisotopic (exact) mass is 919 g/mol. The zero-order chi connectivity index (χ0) is 47.5. The molecule has 0 unspecified atom stereocenters. The Balaban J connectivity index is 4.29. The summed E-state index contributed by atoms with van der Waals surface area (Å²) in [7, 11) is 0. The van der Waals surface area contributed by atoms with Gasteiger partial charge in [0.1, 0.15) is 13.2 Å². The van der Waals surface area contributed by atoms with Gasteiger partial charge in [0.25, 0.3) is 0 Å². The molecule has 386 valence electrons. The van der Waals surface area contributed by atoms with Crippen molar-refractivity contribution in [3.63, 3.8) is 0 Å². The molecule has 0 aromatic rings. The maximum absolute atomic E-state index is 12.8. The molecule has 6 heteroatoms. The summed E-state index contributed by atoms with van der Waals surface area (Å²) in [5.74, 6) is 0.819. The maximum atomic E-state index is 12.8. The van der Waals surface area contributed by atoms with Crippen LogP contribution in [0.5, 0.6) is 0 Å². The number of ether oxygens (including phenoxy) is 3. The van der Waals surface area contributed by atoms with Gasteiger partial charge in [0, 0.05) is 19.3 Å². The third-order valence-electron chi connectivity index (χ3n) is 13.5. The Kier molecular flexibility index (Phi) is 50.5. The van der Waals surface area contributed by atoms with Gasteiger partial charge >= 0.3 is 17.9 Å². The quantitative estimate of drug-likeness (QED) is 0.0344. The van der Waals surface area contributed by atoms with E-state index in [1.54, 1.807) is 0 Å². The average molecular weight is 920 g/mol. The Hall–Kier alpha value is -1.59. The number of hydrogen-bond donors (Lipinski definition) is 0. The molecule has 0 aromatic heterocycles. The first-order chi connectivity index (χ1) is 31.7. The predicted molar refractivity (Wildman–Crippen MR) is 280 cm³/mol. The Bertz CT molecular complexity index is 993. The molecule has 0 aliphatic carbocycles. The van der Waals surface area contributed by atoms with Crippen molar-refractivity contribution >= 4 is 17.9 Å². The zero-order valence-electron chi connectivity index (χ0n) is 44.6. The largest absolute Gasteiger partial charge is 0.462 e. The van der Waals surface area contributed by atoms with Crippen LogP contribution in [-0.2, 0) is 28.6 Å². The second-order valence-electron chi connectivity index (χ2n) is 21.2. The number of unbranched alkanes of at least 4 members (excludes halogenated alkanes) is 38. The number of carbonyl (C=O) groups is 3. The summed E-state index contributed by atoms with van der Waals surface area (Å²) in [5.41, 5.74) is 0. The molecule has 0 amide bonds. The fourth-order valence-corrected chi connectivity index (χ4v) is 9.05. The summed E-state index contributed by atoms with van der Waals surface area (Å²) in [5, 5.41) is 0. The number of esters is 3. The second kappa shape index (κ2) is 51.8. The lowest BCUT2D eigenvalue weighted by Gasteiger charge is -2.18. The highest BCUT2D eigenvalue weighted by Crippen LogP contribution is 2.18. The van der Waals surface area contributed by atoms with Crippen LogP contribution in [0.3, 0.4) is 0 Å². The van der Waals surface area contributed by atoms with Gasteiger partial charge < -0.3 is 14.2 Å². The van der Waals surface area contributed by atoms with Crippen molar-refractivity contribution < 1.29 is 28.6 Å². The molecule has 0 saturated heterocycles. The molecular weight excluding hydrogens is 805 g/mol. The van der Waals surface area contributed by atoms with Crippen molar-refractivity contribution in [2.75, 3.05) is 13.2 Å². The fourth-order valence-electron chi connectivity index (χ4n) is 9.05. The van der Waals surface area contributed by atoms with Crippen LogP contribution >= 0.6 is 0 Å². The second-order valence-corrected chi connectivity index (χ2v) is 21.2. The van der Waals surface area contributed by atoms with Gasteiger partial charge in [-0.05, 0) is 31.1 Å². The molecule has 0 saturated carbocycles. The van der Waals surface area contributed by atoms with Crippen LogP contribution in [0.25, 0.3) is 0 Å². The summed E-state index contributed by atoms with van der Waals surface area (Å²) >= 11 is 0. The first-order valence-electron chi connectivity index (χ1n) is 29.2. The molecule has 0 heterocycles. The summed E-state index contributed by atoms with van der Waals surface area (Å²) < 4.78 is 16.9. The molecule has 6 nitrogen and oxygen atoms in total. The molecule has 0 aliphatic rings. The lowest BCUT2D eigenvalue weighted by molar-refractivity contribution is -0.167. The highest BCUT2D eigenvalue weighted by Gasteiger charge is 2.19. The van der Waals surface area contributed by atoms with E-state index >= 15 is 0 Å². The number of rotatable bonds is 53. The number of carbonyl (C=O) groups excluding carboxylic acids is 3. The van der Waals surface area contributed by atoms with Crippen LogP contribution < -0.4 is 0 Å². The fraction of sp³-hybridized carbons (Fsp3) is 0.949. The van der Waals surface area contributed by atoms with Gasteiger partial charge in [-0.1, -0.05) is 291 Å². The van der Waals surface area contributed by atoms with Crippen molar-refractivity contribution in [3.05, 3.63) is 0 Å². The Morgan fingerprint density at radius 1 is 0.292 bits per heavy atom. The lowest BCUT2D eigenvalue weighted by Crippen LogP contribution is -2.30. The Morgan fingerprint density at radius 3 is 0.754 bits per heavy atom. The SMILES string of the molecule is CCCCCCCCCCCCCCCCCCCCC(=O)OC[C@H](COC(=O)CCCCCCCCCCCCCCC(C)C)OC(=O)CCCCCCCCCCCCCC(C)C. The van der Waals surface area contributed by atoms with E-state index in [0.717, 1.165) is 69.6 Å². The summed E-state index contributed by atoms with van der Waals surface area (Å²) in [6.07, 6.45) is 55.2. The number of hydrogen-bond acceptors (Lipinski definition) is 6. The topological polar surface area (TPSA) is 78.9 Å². The van der Waals surface area contributed by atoms with Crippen LogP contribution in [0.15, 0.2) is 0 Å². The third-order valence-corrected chi connectivity index (χ3v) is 13.5. The molecular formula is C59H114O6. The van der Waals surface area contributed by atoms with Crippen LogP contribution in [0, 0.1) is 11.8 Å². The van der Waals surface area contributed by atoms with E-state index in [1.807, 2.05) is 0 Å². The van der Waals surface area contributed by atoms with Crippen LogP contribution in [-0.4, -0.2) is 37.2 Å². The van der Waals surface area contributed by atoms with Gasteiger partial charge in [-0.25, -0.2) is 0 Å². The predicted octanol–water partition coefficient (Wildman–Crippen LogP) is 19.3. The average Bonchev–Trinajstić information content (AvgIpc) is 3.28. The Labute approximate surface area is 406 Å². The summed E-state index contributed by atoms with van der Waals surface area (Å²) in [4.78, 5) is 38.1. The minimum Gasteiger partial charge on any atom is -0.462 e. The van der Waals surface area contributed by atoms with E-state index in [0.29, 0.717) is 19.3 Å². The smallest absolute Gasteiger partial charge is 0.306 e. The van der Waals surface area contributed by atoms with Crippen molar-refractivity contribution in [2.45, 2.75) is 336 Å². The van der Waals surface area contributed by atoms with Crippen LogP contribution in [0.4, 0.5) is 0 Å². The van der Waals surface area contributed by atoms with E-state index < -0.39 is 6.10 Å². The molecule has 0 aliphatic heterocycles. The maximum Gasteiger partial charge on any atom is 0.306 e. The molecule has 0 aromatic carbocycles. The van der Waals surface area contributed by atoms with Gasteiger partial charge in [-0.15, -0.1) is 0 Å². The van der Waals surface area contributed by atoms with Gasteiger partial charge in [0.2, 0.25) is 0 Å². The Morgan fingerprint density at radius 2 is 0.508 bits per heavy atom. The van der Waals surface area contributed by atoms with Crippen molar-refractivity contribution in [2.24, 2.45) is 11.8 Å². The summed E-state index contributed by atoms with van der Waals surface area (Å²) in [6, 6.07) is 0. The molecule has 0 fully saturated rings. The van der Waals surface area contributed by atoms with Crippen LogP contribution in [0.2, 0.25) is 0 Å². The van der Waals surface area contributed by atoms with Crippen molar-refractivity contribution in [3.8, 4) is 0 Å². The highest BCUT2D eigenvalue weighted by atomic mass is 16.6. The van der Waals surface area contributed by atoms with E-state index in [1.165, 1.54) is 218 Å². The first kappa shape index (κ1) is 63.4. The molecule has 0 rings (SSSR count). The van der Waals surface area contributed by atoms with E-state index in [4.69, 9.17) is 14.2 Å². The molecule has 1 atom stereocenters. The molecule has 0 N–H and O–H groups in total. The van der Waals surface area contributed by atoms with Crippen LogP contribution in [0.1, 0.15) is 330 Å². The third kappa shape index (κ3) is 53.2. The van der Waals surface area contributed by atoms with Gasteiger partial charge in [-0.3, -0.25) is 14.4 Å². The molecule has 0 bridgehead atoms. The highest BCUT2D eigenvalue weighted by molar-refractivity contribution is 5.71. The van der Waals surface area contributed by atoms with Gasteiger partial charge in [-0.2, -0.15) is 0 Å². The lowest BCUT2D eigenvalue weighted by atomic mass is 10.0. The van der Waals surface area contributed by atoms with E-state index in [-0.39, 0.29) is 31.1 Å². The summed E-state index contributed by atoms with van der Waals surface area (Å²) in [6.45, 7) is 11.4. The minimum atomic E-state index is -0.763. The standard InChI is InChI=1S/C59H114O6/c1-6-7-8-9-10-11-12-13-14-15-16-17-18-24-29-34-39-44-49-57(60)63-52-56(65-59(62)51-46-41-36-31-26-21-23-28-33-38-43-48-55(4)5)53-64-58(61)50-45-40-35-30-25-20-19-22-27-32-37-42-47-54(2)3/h54-56H,6-53H2,1-5H3/t56-/m1/s1. The van der Waals surface area contributed by atoms with E-state index in [9.17, 15) is 14.4 Å². The molecule has 0 spiro atoms. The van der Waals surface area contributed by atoms with Crippen molar-refractivity contribution in [1.82, 2.24) is 0 Å². The van der Waals surface area contributed by atoms with Gasteiger partial charge in [0.05, 0.1) is 0 Å². The zero-order valence-corrected chi connectivity index (χ0v) is 44.6. The minimum absolute atomic E-state index is 0.0627. The van der Waals surface area contributed by atoms with Gasteiger partial charge in [0.15, 0.2) is 6.10 Å². The normalized spacial score (nSPS) is 12.0. The molecule has 0 radical (unpaired) electrons. The molecule has 65 heavy (non-hydrogen) atoms.